The molecule has 0 heterocycles. The van der Waals surface area contributed by atoms with Crippen LogP contribution in [0, 0.1) is 0 Å². The van der Waals surface area contributed by atoms with Crippen LogP contribution in [0.4, 0.5) is 0 Å². The third-order valence-electron chi connectivity index (χ3n) is 1.75. The van der Waals surface area contributed by atoms with Gasteiger partial charge >= 0.3 is 8.56 Å². The van der Waals surface area contributed by atoms with E-state index in [0.29, 0.717) is 0 Å². The van der Waals surface area contributed by atoms with Gasteiger partial charge in [-0.3, -0.25) is 0 Å². The molecule has 14 heavy (non-hydrogen) atoms. The molecule has 4 heteroatoms. The Bertz CT molecular complexity index is 179. The van der Waals surface area contributed by atoms with E-state index in [0.717, 1.165) is 13.2 Å². The fourth-order valence-electron chi connectivity index (χ4n) is 1.11. The average molecular weight is 232 g/mol. The van der Waals surface area contributed by atoms with Crippen molar-refractivity contribution in [3.05, 3.63) is 11.4 Å². The van der Waals surface area contributed by atoms with Crippen molar-refractivity contribution in [2.75, 3.05) is 13.2 Å². The molecule has 0 aliphatic heterocycles. The fraction of sp³-hybridized carbons (Fsp3) is 0.800. The van der Waals surface area contributed by atoms with Gasteiger partial charge in [-0.25, -0.2) is 0 Å². The molecule has 0 fully saturated rings. The van der Waals surface area contributed by atoms with Crippen LogP contribution in [0.1, 0.15) is 13.8 Å². The monoisotopic (exact) mass is 232 g/mol. The van der Waals surface area contributed by atoms with Gasteiger partial charge in [-0.15, -0.1) is 0 Å². The van der Waals surface area contributed by atoms with Gasteiger partial charge in [-0.1, -0.05) is 31.0 Å². The van der Waals surface area contributed by atoms with Crippen LogP contribution in [-0.2, 0) is 8.85 Å². The zero-order valence-electron chi connectivity index (χ0n) is 10.4. The Balaban J connectivity index is 4.42. The summed E-state index contributed by atoms with van der Waals surface area (Å²) in [5, 5.41) is 0. The van der Waals surface area contributed by atoms with Gasteiger partial charge < -0.3 is 8.85 Å². The quantitative estimate of drug-likeness (QED) is 0.655. The summed E-state index contributed by atoms with van der Waals surface area (Å²) in [5.41, 5.74) is 4.52. The van der Waals surface area contributed by atoms with Crippen LogP contribution < -0.4 is 0 Å². The molecule has 0 N–H and O–H groups in total. The minimum Gasteiger partial charge on any atom is -0.392 e. The van der Waals surface area contributed by atoms with Gasteiger partial charge in [0, 0.05) is 13.2 Å². The van der Waals surface area contributed by atoms with Crippen LogP contribution in [0.3, 0.4) is 0 Å². The maximum atomic E-state index is 5.72. The summed E-state index contributed by atoms with van der Waals surface area (Å²) in [5.74, 6) is 0. The van der Waals surface area contributed by atoms with E-state index in [9.17, 15) is 0 Å². The zero-order chi connectivity index (χ0) is 11.2. The van der Waals surface area contributed by atoms with Gasteiger partial charge in [0.05, 0.1) is 8.07 Å². The third-order valence-corrected chi connectivity index (χ3v) is 5.74. The molecule has 0 saturated carbocycles. The van der Waals surface area contributed by atoms with Crippen LogP contribution in [0.5, 0.6) is 0 Å². The molecule has 0 aromatic rings. The molecule has 84 valence electrons. The molecule has 0 amide bonds. The first kappa shape index (κ1) is 14.1. The largest absolute Gasteiger partial charge is 0.392 e. The lowest BCUT2D eigenvalue weighted by Gasteiger charge is -2.23. The second-order valence-electron chi connectivity index (χ2n) is 4.58. The van der Waals surface area contributed by atoms with Crippen molar-refractivity contribution in [1.82, 2.24) is 0 Å². The van der Waals surface area contributed by atoms with E-state index in [4.69, 9.17) is 8.85 Å². The van der Waals surface area contributed by atoms with Gasteiger partial charge in [0.1, 0.15) is 0 Å². The first-order chi connectivity index (χ1) is 6.33. The molecule has 2 nitrogen and oxygen atoms in total. The molecule has 0 rings (SSSR count). The number of rotatable bonds is 6. The van der Waals surface area contributed by atoms with Gasteiger partial charge in [-0.05, 0) is 20.4 Å². The lowest BCUT2D eigenvalue weighted by Crippen LogP contribution is -2.38. The smallest absolute Gasteiger partial charge is 0.361 e. The van der Waals surface area contributed by atoms with E-state index in [2.05, 4.69) is 37.6 Å². The van der Waals surface area contributed by atoms with Crippen LogP contribution in [0.15, 0.2) is 11.4 Å². The van der Waals surface area contributed by atoms with Crippen LogP contribution in [0.25, 0.3) is 0 Å². The van der Waals surface area contributed by atoms with Crippen molar-refractivity contribution in [3.8, 4) is 0 Å². The zero-order valence-corrected chi connectivity index (χ0v) is 12.4. The van der Waals surface area contributed by atoms with Crippen LogP contribution >= 0.6 is 0 Å². The molecule has 0 aromatic heterocycles. The van der Waals surface area contributed by atoms with Crippen LogP contribution in [0.2, 0.25) is 26.2 Å². The van der Waals surface area contributed by atoms with Crippen molar-refractivity contribution < 1.29 is 8.85 Å². The summed E-state index contributed by atoms with van der Waals surface area (Å²) in [6, 6.07) is 0. The van der Waals surface area contributed by atoms with Gasteiger partial charge in [-0.2, -0.15) is 0 Å². The topological polar surface area (TPSA) is 18.5 Å². The Kier molecular flexibility index (Phi) is 5.89. The molecule has 0 aromatic carbocycles. The first-order valence-electron chi connectivity index (χ1n) is 5.31. The Morgan fingerprint density at radius 3 is 1.57 bits per heavy atom. The summed E-state index contributed by atoms with van der Waals surface area (Å²) in [7, 11) is -3.14. The molecule has 0 aliphatic carbocycles. The minimum atomic E-state index is -2.01. The summed E-state index contributed by atoms with van der Waals surface area (Å²) in [4.78, 5) is 0. The molecule has 0 spiro atoms. The molecule has 0 unspecified atom stereocenters. The molecule has 0 atom stereocenters. The average Bonchev–Trinajstić information content (AvgIpc) is 2.01. The maximum Gasteiger partial charge on any atom is 0.361 e. The lowest BCUT2D eigenvalue weighted by atomic mass is 10.9. The van der Waals surface area contributed by atoms with E-state index >= 15 is 0 Å². The number of hydrogen-bond acceptors (Lipinski definition) is 2. The molecule has 0 saturated heterocycles. The van der Waals surface area contributed by atoms with Crippen molar-refractivity contribution in [3.63, 3.8) is 0 Å². The predicted molar refractivity (Wildman–Crippen MR) is 67.4 cm³/mol. The van der Waals surface area contributed by atoms with E-state index < -0.39 is 16.6 Å². The molecule has 0 bridgehead atoms. The van der Waals surface area contributed by atoms with Crippen molar-refractivity contribution >= 4 is 16.6 Å². The van der Waals surface area contributed by atoms with E-state index in [1.165, 1.54) is 0 Å². The van der Waals surface area contributed by atoms with E-state index in [-0.39, 0.29) is 0 Å². The minimum absolute atomic E-state index is 0.735. The van der Waals surface area contributed by atoms with Crippen LogP contribution in [-0.4, -0.2) is 29.8 Å². The third kappa shape index (κ3) is 6.53. The van der Waals surface area contributed by atoms with E-state index in [1.807, 2.05) is 13.8 Å². The highest BCUT2D eigenvalue weighted by Crippen LogP contribution is 2.12. The highest BCUT2D eigenvalue weighted by molar-refractivity contribution is 6.83. The number of hydrogen-bond donors (Lipinski definition) is 0. The lowest BCUT2D eigenvalue weighted by molar-refractivity contribution is 0.201. The van der Waals surface area contributed by atoms with Crippen molar-refractivity contribution in [2.45, 2.75) is 40.0 Å². The summed E-state index contributed by atoms with van der Waals surface area (Å²) in [6.45, 7) is 14.6. The highest BCUT2D eigenvalue weighted by Gasteiger charge is 2.27. The van der Waals surface area contributed by atoms with Gasteiger partial charge in [0.25, 0.3) is 0 Å². The maximum absolute atomic E-state index is 5.72. The predicted octanol–water partition coefficient (Wildman–Crippen LogP) is 3.10. The second-order valence-corrected chi connectivity index (χ2v) is 12.6. The Morgan fingerprint density at radius 2 is 1.29 bits per heavy atom. The molecular weight excluding hydrogens is 208 g/mol. The van der Waals surface area contributed by atoms with Gasteiger partial charge in [0.2, 0.25) is 0 Å². The van der Waals surface area contributed by atoms with E-state index in [1.54, 1.807) is 0 Å². The fourth-order valence-corrected chi connectivity index (χ4v) is 5.75. The normalized spacial score (nSPS) is 13.9. The molecular formula is C10H24O2Si2. The summed E-state index contributed by atoms with van der Waals surface area (Å²) < 4.78 is 11.4. The SMILES string of the molecule is CCO[Si](C)(C=C[Si](C)(C)C)OCC. The second kappa shape index (κ2) is 5.85. The Hall–Kier alpha value is 0.0938. The van der Waals surface area contributed by atoms with Gasteiger partial charge in [0.15, 0.2) is 0 Å². The standard InChI is InChI=1S/C10H24O2Si2/c1-7-11-14(6,12-8-2)10-9-13(3,4)5/h9-10H,7-8H2,1-6H3. The Morgan fingerprint density at radius 1 is 0.857 bits per heavy atom. The summed E-state index contributed by atoms with van der Waals surface area (Å²) >= 11 is 0. The first-order valence-corrected chi connectivity index (χ1v) is 11.3. The summed E-state index contributed by atoms with van der Waals surface area (Å²) in [6.07, 6.45) is 0. The van der Waals surface area contributed by atoms with Crippen molar-refractivity contribution in [2.24, 2.45) is 0 Å². The molecule has 0 aliphatic rings. The van der Waals surface area contributed by atoms with Crippen molar-refractivity contribution in [1.29, 1.82) is 0 Å². The highest BCUT2D eigenvalue weighted by atomic mass is 28.4. The Labute approximate surface area is 90.6 Å². The molecule has 0 radical (unpaired) electrons.